The Morgan fingerprint density at radius 2 is 1.63 bits per heavy atom. The minimum absolute atomic E-state index is 0.108. The van der Waals surface area contributed by atoms with Gasteiger partial charge in [-0.25, -0.2) is 9.29 Å². The summed E-state index contributed by atoms with van der Waals surface area (Å²) in [5.74, 6) is -3.73. The topological polar surface area (TPSA) is 98.7 Å². The van der Waals surface area contributed by atoms with E-state index in [-0.39, 0.29) is 5.75 Å². The quantitative estimate of drug-likeness (QED) is 0.366. The molecule has 3 heterocycles. The van der Waals surface area contributed by atoms with Crippen LogP contribution < -0.4 is 15.5 Å². The fourth-order valence-corrected chi connectivity index (χ4v) is 6.41. The summed E-state index contributed by atoms with van der Waals surface area (Å²) in [7, 11) is 0. The summed E-state index contributed by atoms with van der Waals surface area (Å²) in [6.07, 6.45) is 0.325. The van der Waals surface area contributed by atoms with E-state index >= 15 is 0 Å². The van der Waals surface area contributed by atoms with Gasteiger partial charge in [-0.2, -0.15) is 0 Å². The molecule has 4 unspecified atom stereocenters. The van der Waals surface area contributed by atoms with Crippen molar-refractivity contribution in [3.05, 3.63) is 102 Å². The van der Waals surface area contributed by atoms with E-state index in [0.29, 0.717) is 23.4 Å². The van der Waals surface area contributed by atoms with Gasteiger partial charge in [-0.15, -0.1) is 0 Å². The molecule has 3 N–H and O–H groups in total. The van der Waals surface area contributed by atoms with Crippen LogP contribution in [-0.4, -0.2) is 28.9 Å². The van der Waals surface area contributed by atoms with Gasteiger partial charge in [-0.1, -0.05) is 42.5 Å². The van der Waals surface area contributed by atoms with E-state index in [2.05, 4.69) is 10.6 Å². The molecule has 8 heteroatoms. The number of hydrogen-bond acceptors (Lipinski definition) is 5. The lowest BCUT2D eigenvalue weighted by Crippen LogP contribution is -2.53. The number of benzene rings is 4. The normalized spacial score (nSPS) is 25.8. The van der Waals surface area contributed by atoms with Crippen LogP contribution in [-0.2, 0) is 26.3 Å². The van der Waals surface area contributed by atoms with Crippen molar-refractivity contribution >= 4 is 39.9 Å². The molecule has 4 atom stereocenters. The third kappa shape index (κ3) is 3.07. The average molecular weight is 508 g/mol. The summed E-state index contributed by atoms with van der Waals surface area (Å²) < 4.78 is 14.5. The molecule has 2 saturated heterocycles. The maximum Gasteiger partial charge on any atom is 0.250 e. The van der Waals surface area contributed by atoms with Crippen LogP contribution in [0.5, 0.6) is 5.75 Å². The van der Waals surface area contributed by atoms with Crippen molar-refractivity contribution in [2.75, 3.05) is 10.2 Å². The molecule has 2 fully saturated rings. The van der Waals surface area contributed by atoms with Crippen molar-refractivity contribution in [2.24, 2.45) is 11.8 Å². The number of fused-ring (bicyclic) bond motifs is 5. The zero-order valence-electron chi connectivity index (χ0n) is 20.0. The number of amides is 3. The average Bonchev–Trinajstić information content (AvgIpc) is 3.49. The Balaban J connectivity index is 1.37. The second-order valence-electron chi connectivity index (χ2n) is 10.1. The van der Waals surface area contributed by atoms with Crippen molar-refractivity contribution in [1.29, 1.82) is 0 Å². The molecule has 0 aliphatic carbocycles. The van der Waals surface area contributed by atoms with Gasteiger partial charge in [0.25, 0.3) is 0 Å². The largest absolute Gasteiger partial charge is 0.508 e. The molecule has 0 bridgehead atoms. The predicted molar refractivity (Wildman–Crippen MR) is 139 cm³/mol. The monoisotopic (exact) mass is 507 g/mol. The third-order valence-electron chi connectivity index (χ3n) is 8.06. The van der Waals surface area contributed by atoms with Crippen LogP contribution in [0.2, 0.25) is 0 Å². The molecule has 7 rings (SSSR count). The fourth-order valence-electron chi connectivity index (χ4n) is 6.41. The van der Waals surface area contributed by atoms with Crippen molar-refractivity contribution < 1.29 is 23.9 Å². The predicted octanol–water partition coefficient (Wildman–Crippen LogP) is 3.85. The maximum absolute atomic E-state index is 14.5. The lowest BCUT2D eigenvalue weighted by Gasteiger charge is -2.29. The number of nitrogens with zero attached hydrogens (tertiary/aromatic N) is 1. The van der Waals surface area contributed by atoms with Crippen molar-refractivity contribution in [3.8, 4) is 5.75 Å². The van der Waals surface area contributed by atoms with Gasteiger partial charge in [0.05, 0.1) is 17.5 Å². The van der Waals surface area contributed by atoms with Gasteiger partial charge in [0, 0.05) is 17.3 Å². The Hall–Kier alpha value is -4.56. The van der Waals surface area contributed by atoms with Crippen LogP contribution in [0.1, 0.15) is 11.1 Å². The minimum atomic E-state index is -1.60. The highest BCUT2D eigenvalue weighted by molar-refractivity contribution is 6.26. The Labute approximate surface area is 216 Å². The number of anilines is 2. The number of carbonyl (C=O) groups is 3. The van der Waals surface area contributed by atoms with Gasteiger partial charge in [0.1, 0.15) is 17.1 Å². The Bertz CT molecular complexity index is 1670. The summed E-state index contributed by atoms with van der Waals surface area (Å²) >= 11 is 0. The number of carbonyl (C=O) groups excluding carboxylic acids is 3. The maximum atomic E-state index is 14.5. The second-order valence-corrected chi connectivity index (χ2v) is 10.1. The minimum Gasteiger partial charge on any atom is -0.508 e. The number of halogens is 1. The highest BCUT2D eigenvalue weighted by Gasteiger charge is 2.70. The molecular weight excluding hydrogens is 485 g/mol. The lowest BCUT2D eigenvalue weighted by atomic mass is 9.76. The van der Waals surface area contributed by atoms with Crippen LogP contribution >= 0.6 is 0 Å². The zero-order valence-corrected chi connectivity index (χ0v) is 20.0. The number of aromatic hydroxyl groups is 1. The first-order valence-corrected chi connectivity index (χ1v) is 12.4. The Morgan fingerprint density at radius 3 is 2.42 bits per heavy atom. The molecule has 1 spiro atoms. The number of nitrogens with one attached hydrogen (secondary N) is 2. The molecular formula is C30H22FN3O4. The molecule has 4 aromatic rings. The molecule has 3 amide bonds. The number of rotatable bonds is 3. The van der Waals surface area contributed by atoms with Gasteiger partial charge < -0.3 is 10.4 Å². The molecule has 0 aromatic heterocycles. The molecule has 0 radical (unpaired) electrons. The van der Waals surface area contributed by atoms with Crippen molar-refractivity contribution in [2.45, 2.75) is 18.0 Å². The first kappa shape index (κ1) is 22.6. The van der Waals surface area contributed by atoms with Gasteiger partial charge in [-0.05, 0) is 65.2 Å². The van der Waals surface area contributed by atoms with Crippen LogP contribution in [0.15, 0.2) is 84.9 Å². The van der Waals surface area contributed by atoms with Crippen LogP contribution in [0, 0.1) is 17.7 Å². The SMILES string of the molecule is O=C1C2C(Cc3ccc(O)cc3)NC3(C(=O)Nc4ccc(F)cc43)C2C(=O)N1c1ccc2ccccc2c1. The van der Waals surface area contributed by atoms with E-state index in [9.17, 15) is 23.9 Å². The molecule has 7 nitrogen and oxygen atoms in total. The van der Waals surface area contributed by atoms with Crippen molar-refractivity contribution in [1.82, 2.24) is 5.32 Å². The summed E-state index contributed by atoms with van der Waals surface area (Å²) in [4.78, 5) is 43.0. The molecule has 4 aromatic carbocycles. The van der Waals surface area contributed by atoms with Gasteiger partial charge >= 0.3 is 0 Å². The number of phenolic OH excluding ortho intramolecular Hbond substituents is 1. The lowest BCUT2D eigenvalue weighted by molar-refractivity contribution is -0.130. The summed E-state index contributed by atoms with van der Waals surface area (Å²) in [6.45, 7) is 0. The number of phenols is 1. The van der Waals surface area contributed by atoms with Crippen molar-refractivity contribution in [3.63, 3.8) is 0 Å². The van der Waals surface area contributed by atoms with E-state index in [1.807, 2.05) is 30.3 Å². The van der Waals surface area contributed by atoms with Gasteiger partial charge in [0.2, 0.25) is 17.7 Å². The van der Waals surface area contributed by atoms with Crippen LogP contribution in [0.25, 0.3) is 10.8 Å². The first-order valence-electron chi connectivity index (χ1n) is 12.4. The summed E-state index contributed by atoms with van der Waals surface area (Å²) in [5, 5.41) is 17.7. The van der Waals surface area contributed by atoms with Gasteiger partial charge in [-0.3, -0.25) is 19.7 Å². The first-order chi connectivity index (χ1) is 18.4. The number of hydrogen-bond donors (Lipinski definition) is 3. The van der Waals surface area contributed by atoms with E-state index in [0.717, 1.165) is 16.3 Å². The Morgan fingerprint density at radius 1 is 0.868 bits per heavy atom. The second kappa shape index (κ2) is 7.97. The fraction of sp³-hybridized carbons (Fsp3) is 0.167. The Kier molecular flexibility index (Phi) is 4.74. The highest BCUT2D eigenvalue weighted by Crippen LogP contribution is 2.54. The molecule has 3 aliphatic heterocycles. The molecule has 0 saturated carbocycles. The molecule has 188 valence electrons. The van der Waals surface area contributed by atoms with Gasteiger partial charge in [0.15, 0.2) is 0 Å². The van der Waals surface area contributed by atoms with E-state index in [1.165, 1.54) is 23.1 Å². The zero-order chi connectivity index (χ0) is 26.2. The summed E-state index contributed by atoms with van der Waals surface area (Å²) in [5.41, 5.74) is 0.398. The summed E-state index contributed by atoms with van der Waals surface area (Å²) in [6, 6.07) is 23.0. The van der Waals surface area contributed by atoms with Crippen LogP contribution in [0.3, 0.4) is 0 Å². The highest BCUT2D eigenvalue weighted by atomic mass is 19.1. The van der Waals surface area contributed by atoms with E-state index < -0.39 is 47.0 Å². The number of imide groups is 1. The molecule has 3 aliphatic rings. The molecule has 38 heavy (non-hydrogen) atoms. The van der Waals surface area contributed by atoms with E-state index in [1.54, 1.807) is 36.4 Å². The third-order valence-corrected chi connectivity index (χ3v) is 8.06. The standard InChI is InChI=1S/C30H22FN3O4/c31-19-8-12-23-22(15-19)30(29(38)32-23)26-25(24(33-30)13-16-5-10-21(35)11-6-16)27(36)34(28(26)37)20-9-7-17-3-1-2-4-18(17)14-20/h1-12,14-15,24-26,33,35H,13H2,(H,32,38). The van der Waals surface area contributed by atoms with Crippen LogP contribution in [0.4, 0.5) is 15.8 Å². The van der Waals surface area contributed by atoms with E-state index in [4.69, 9.17) is 0 Å². The smallest absolute Gasteiger partial charge is 0.250 e.